The number of aryl methyl sites for hydroxylation is 1. The summed E-state index contributed by atoms with van der Waals surface area (Å²) in [6.45, 7) is 6.19. The zero-order valence-corrected chi connectivity index (χ0v) is 19.3. The molecule has 1 N–H and O–H groups in total. The second-order valence-corrected chi connectivity index (χ2v) is 8.14. The zero-order chi connectivity index (χ0) is 23.5. The van der Waals surface area contributed by atoms with E-state index in [1.54, 1.807) is 16.9 Å². The number of nitrogens with zero attached hydrogens (tertiary/aromatic N) is 3. The molecule has 2 aromatic carbocycles. The molecule has 33 heavy (non-hydrogen) atoms. The molecule has 0 aliphatic rings. The summed E-state index contributed by atoms with van der Waals surface area (Å²) < 4.78 is 12.9. The molecular formula is C24H24ClN3O5. The molecule has 2 aromatic heterocycles. The number of aromatic nitrogens is 3. The maximum Gasteiger partial charge on any atom is 0.303 e. The molecule has 0 saturated heterocycles. The van der Waals surface area contributed by atoms with Gasteiger partial charge >= 0.3 is 5.97 Å². The second kappa shape index (κ2) is 9.54. The van der Waals surface area contributed by atoms with E-state index < -0.39 is 5.97 Å². The lowest BCUT2D eigenvalue weighted by Crippen LogP contribution is -2.09. The van der Waals surface area contributed by atoms with Crippen molar-refractivity contribution in [3.8, 4) is 28.6 Å². The van der Waals surface area contributed by atoms with E-state index in [1.807, 2.05) is 51.2 Å². The smallest absolute Gasteiger partial charge is 0.303 e. The van der Waals surface area contributed by atoms with Crippen LogP contribution in [-0.2, 0) is 11.2 Å². The quantitative estimate of drug-likeness (QED) is 0.356. The number of halogens is 1. The number of ether oxygens (including phenoxy) is 1. The number of carboxylic acids is 1. The Hall–Kier alpha value is -3.52. The Bertz CT molecular complexity index is 1290. The molecule has 8 nitrogen and oxygen atoms in total. The van der Waals surface area contributed by atoms with Crippen LogP contribution in [0.1, 0.15) is 32.8 Å². The third-order valence-electron chi connectivity index (χ3n) is 4.96. The first-order valence-corrected chi connectivity index (χ1v) is 11.0. The number of benzene rings is 2. The molecule has 0 amide bonds. The van der Waals surface area contributed by atoms with Gasteiger partial charge in [0.2, 0.25) is 5.82 Å². The van der Waals surface area contributed by atoms with E-state index in [-0.39, 0.29) is 12.5 Å². The Labute approximate surface area is 195 Å². The molecule has 0 atom stereocenters. The fourth-order valence-electron chi connectivity index (χ4n) is 3.61. The molecule has 0 bridgehead atoms. The Morgan fingerprint density at radius 2 is 2.09 bits per heavy atom. The minimum absolute atomic E-state index is 0.00539. The predicted octanol–water partition coefficient (Wildman–Crippen LogP) is 5.26. The van der Waals surface area contributed by atoms with E-state index in [4.69, 9.17) is 30.8 Å². The normalized spacial score (nSPS) is 11.3. The first-order chi connectivity index (χ1) is 15.9. The third-order valence-corrected chi connectivity index (χ3v) is 5.26. The molecule has 0 aliphatic heterocycles. The Morgan fingerprint density at radius 3 is 2.79 bits per heavy atom. The molecule has 4 rings (SSSR count). The van der Waals surface area contributed by atoms with Crippen molar-refractivity contribution in [3.05, 3.63) is 53.2 Å². The average molecular weight is 470 g/mol. The van der Waals surface area contributed by atoms with E-state index >= 15 is 0 Å². The Kier molecular flexibility index (Phi) is 6.55. The Morgan fingerprint density at radius 1 is 1.27 bits per heavy atom. The molecule has 2 heterocycles. The van der Waals surface area contributed by atoms with Crippen LogP contribution < -0.4 is 9.57 Å². The largest absolute Gasteiger partial charge is 0.489 e. The number of fused-ring (bicyclic) bond motifs is 1. The topological polar surface area (TPSA) is 99.6 Å². The van der Waals surface area contributed by atoms with Crippen molar-refractivity contribution >= 4 is 28.5 Å². The summed E-state index contributed by atoms with van der Waals surface area (Å²) in [6, 6.07) is 11.0. The fourth-order valence-corrected chi connectivity index (χ4v) is 3.84. The molecule has 0 saturated carbocycles. The third kappa shape index (κ3) is 4.80. The number of carbonyl (C=O) groups is 1. The number of carboxylic acid groups (broad SMARTS) is 1. The van der Waals surface area contributed by atoms with Gasteiger partial charge in [-0.15, -0.1) is 0 Å². The lowest BCUT2D eigenvalue weighted by Gasteiger charge is -2.11. The van der Waals surface area contributed by atoms with Crippen LogP contribution in [0.3, 0.4) is 0 Å². The van der Waals surface area contributed by atoms with Gasteiger partial charge in [-0.05, 0) is 57.0 Å². The van der Waals surface area contributed by atoms with Crippen molar-refractivity contribution in [1.82, 2.24) is 14.9 Å². The number of rotatable bonds is 9. The van der Waals surface area contributed by atoms with Crippen LogP contribution in [0, 0.1) is 0 Å². The lowest BCUT2D eigenvalue weighted by molar-refractivity contribution is -0.136. The second-order valence-electron chi connectivity index (χ2n) is 7.73. The number of para-hydroxylation sites is 1. The summed E-state index contributed by atoms with van der Waals surface area (Å²) in [7, 11) is 0. The van der Waals surface area contributed by atoms with Gasteiger partial charge in [-0.2, -0.15) is 9.71 Å². The summed E-state index contributed by atoms with van der Waals surface area (Å²) in [5, 5.41) is 14.6. The van der Waals surface area contributed by atoms with Crippen molar-refractivity contribution in [2.24, 2.45) is 0 Å². The Balaban J connectivity index is 1.73. The van der Waals surface area contributed by atoms with E-state index in [2.05, 4.69) is 10.1 Å². The average Bonchev–Trinajstić information content (AvgIpc) is 3.39. The highest BCUT2D eigenvalue weighted by Crippen LogP contribution is 2.34. The van der Waals surface area contributed by atoms with Gasteiger partial charge in [0.15, 0.2) is 0 Å². The molecule has 9 heteroatoms. The van der Waals surface area contributed by atoms with E-state index in [0.717, 1.165) is 16.5 Å². The number of hydrogen-bond acceptors (Lipinski definition) is 6. The molecular weight excluding hydrogens is 446 g/mol. The van der Waals surface area contributed by atoms with E-state index in [0.29, 0.717) is 46.6 Å². The van der Waals surface area contributed by atoms with Crippen molar-refractivity contribution < 1.29 is 24.0 Å². The standard InChI is InChI=1S/C24H24ClN3O5/c1-4-31-28-13-16(9-11-21(29)30)17-6-5-7-18(22(17)28)23-26-24(33-27-23)15-8-10-20(19(25)12-15)32-14(2)3/h5-8,10,12-14H,4,9,11H2,1-3H3,(H,29,30). The minimum atomic E-state index is -0.852. The number of hydrogen-bond donors (Lipinski definition) is 1. The monoisotopic (exact) mass is 469 g/mol. The van der Waals surface area contributed by atoms with E-state index in [1.165, 1.54) is 0 Å². The van der Waals surface area contributed by atoms with Crippen molar-refractivity contribution in [3.63, 3.8) is 0 Å². The van der Waals surface area contributed by atoms with Crippen molar-refractivity contribution in [2.75, 3.05) is 6.61 Å². The SMILES string of the molecule is CCOn1cc(CCC(=O)O)c2cccc(-c3noc(-c4ccc(OC(C)C)c(Cl)c4)n3)c21. The number of aliphatic carboxylic acids is 1. The van der Waals surface area contributed by atoms with Gasteiger partial charge in [-0.1, -0.05) is 28.9 Å². The van der Waals surface area contributed by atoms with Gasteiger partial charge in [0.25, 0.3) is 5.89 Å². The van der Waals surface area contributed by atoms with Gasteiger partial charge in [0.05, 0.1) is 22.2 Å². The summed E-state index contributed by atoms with van der Waals surface area (Å²) in [5.74, 6) is 0.441. The summed E-state index contributed by atoms with van der Waals surface area (Å²) in [6.07, 6.45) is 2.23. The van der Waals surface area contributed by atoms with Gasteiger partial charge in [0.1, 0.15) is 12.4 Å². The molecule has 172 valence electrons. The van der Waals surface area contributed by atoms with Crippen LogP contribution in [-0.4, -0.2) is 38.7 Å². The molecule has 0 radical (unpaired) electrons. The van der Waals surface area contributed by atoms with Crippen LogP contribution in [0.5, 0.6) is 5.75 Å². The molecule has 0 aliphatic carbocycles. The molecule has 0 fully saturated rings. The first kappa shape index (κ1) is 22.7. The van der Waals surface area contributed by atoms with Gasteiger partial charge in [-0.25, -0.2) is 0 Å². The fraction of sp³-hybridized carbons (Fsp3) is 0.292. The van der Waals surface area contributed by atoms with Crippen molar-refractivity contribution in [2.45, 2.75) is 39.7 Å². The van der Waals surface area contributed by atoms with Gasteiger partial charge in [-0.3, -0.25) is 4.79 Å². The highest BCUT2D eigenvalue weighted by molar-refractivity contribution is 6.32. The highest BCUT2D eigenvalue weighted by Gasteiger charge is 2.19. The van der Waals surface area contributed by atoms with Crippen molar-refractivity contribution in [1.29, 1.82) is 0 Å². The van der Waals surface area contributed by atoms with Crippen LogP contribution in [0.2, 0.25) is 5.02 Å². The predicted molar refractivity (Wildman–Crippen MR) is 125 cm³/mol. The molecule has 0 unspecified atom stereocenters. The summed E-state index contributed by atoms with van der Waals surface area (Å²) in [4.78, 5) is 21.4. The highest BCUT2D eigenvalue weighted by atomic mass is 35.5. The summed E-state index contributed by atoms with van der Waals surface area (Å²) >= 11 is 6.36. The molecule has 0 spiro atoms. The van der Waals surface area contributed by atoms with Crippen LogP contribution >= 0.6 is 11.6 Å². The van der Waals surface area contributed by atoms with Crippen LogP contribution in [0.4, 0.5) is 0 Å². The van der Waals surface area contributed by atoms with Crippen LogP contribution in [0.15, 0.2) is 47.1 Å². The minimum Gasteiger partial charge on any atom is -0.489 e. The summed E-state index contributed by atoms with van der Waals surface area (Å²) in [5.41, 5.74) is 3.01. The lowest BCUT2D eigenvalue weighted by atomic mass is 10.1. The van der Waals surface area contributed by atoms with Gasteiger partial charge in [0, 0.05) is 23.6 Å². The maximum absolute atomic E-state index is 11.1. The van der Waals surface area contributed by atoms with E-state index in [9.17, 15) is 4.79 Å². The van der Waals surface area contributed by atoms with Gasteiger partial charge < -0.3 is 19.2 Å². The van der Waals surface area contributed by atoms with Crippen LogP contribution in [0.25, 0.3) is 33.7 Å². The first-order valence-electron chi connectivity index (χ1n) is 10.7. The molecule has 4 aromatic rings. The maximum atomic E-state index is 11.1. The zero-order valence-electron chi connectivity index (χ0n) is 18.5.